The molecule has 0 aliphatic heterocycles. The second-order valence-electron chi connectivity index (χ2n) is 6.37. The summed E-state index contributed by atoms with van der Waals surface area (Å²) in [4.78, 5) is 25.6. The third-order valence-electron chi connectivity index (χ3n) is 4.06. The molecule has 0 saturated carbocycles. The highest BCUT2D eigenvalue weighted by atomic mass is 32.2. The maximum absolute atomic E-state index is 12.4. The fourth-order valence-corrected chi connectivity index (χ4v) is 3.42. The zero-order chi connectivity index (χ0) is 20.1. The van der Waals surface area contributed by atoms with Gasteiger partial charge in [0.2, 0.25) is 5.91 Å². The van der Waals surface area contributed by atoms with Crippen molar-refractivity contribution in [3.63, 3.8) is 0 Å². The number of nitrogens with zero attached hydrogens (tertiary/aromatic N) is 1. The summed E-state index contributed by atoms with van der Waals surface area (Å²) in [6.07, 6.45) is 0. The molecule has 0 spiro atoms. The Morgan fingerprint density at radius 3 is 2.39 bits per heavy atom. The van der Waals surface area contributed by atoms with Crippen LogP contribution in [0.3, 0.4) is 0 Å². The van der Waals surface area contributed by atoms with Gasteiger partial charge >= 0.3 is 0 Å². The number of hydrogen-bond donors (Lipinski definition) is 2. The lowest BCUT2D eigenvalue weighted by Crippen LogP contribution is -2.22. The highest BCUT2D eigenvalue weighted by molar-refractivity contribution is 8.00. The van der Waals surface area contributed by atoms with Gasteiger partial charge in [-0.2, -0.15) is 0 Å². The van der Waals surface area contributed by atoms with Gasteiger partial charge in [-0.25, -0.2) is 0 Å². The van der Waals surface area contributed by atoms with Crippen LogP contribution >= 0.6 is 11.8 Å². The van der Waals surface area contributed by atoms with Crippen LogP contribution in [-0.2, 0) is 4.79 Å². The molecule has 0 fully saturated rings. The van der Waals surface area contributed by atoms with Crippen LogP contribution in [0.2, 0.25) is 0 Å². The summed E-state index contributed by atoms with van der Waals surface area (Å²) in [5.41, 5.74) is 2.27. The number of benzene rings is 2. The van der Waals surface area contributed by atoms with Gasteiger partial charge in [0.15, 0.2) is 5.82 Å². The standard InChI is InChI=1S/C21H21N3O3S/c1-13-6-4-5-7-18(13)21(26)22-16-8-10-17(11-9-16)28-15(3)20(25)23-19-12-14(2)27-24-19/h4-12,15H,1-3H3,(H,22,26)(H,23,24,25). The topological polar surface area (TPSA) is 84.2 Å². The predicted molar refractivity (Wildman–Crippen MR) is 111 cm³/mol. The van der Waals surface area contributed by atoms with E-state index in [2.05, 4.69) is 15.8 Å². The Balaban J connectivity index is 1.57. The minimum absolute atomic E-state index is 0.144. The molecule has 2 aromatic carbocycles. The number of carbonyl (C=O) groups excluding carboxylic acids is 2. The normalized spacial score (nSPS) is 11.7. The maximum atomic E-state index is 12.4. The molecule has 7 heteroatoms. The third kappa shape index (κ3) is 5.01. The molecule has 1 heterocycles. The molecule has 2 amide bonds. The minimum Gasteiger partial charge on any atom is -0.360 e. The van der Waals surface area contributed by atoms with E-state index in [1.807, 2.05) is 56.3 Å². The van der Waals surface area contributed by atoms with E-state index in [0.717, 1.165) is 10.5 Å². The Morgan fingerprint density at radius 2 is 1.75 bits per heavy atom. The van der Waals surface area contributed by atoms with Crippen molar-refractivity contribution in [2.24, 2.45) is 0 Å². The molecule has 1 unspecified atom stereocenters. The molecule has 0 saturated heterocycles. The van der Waals surface area contributed by atoms with Crippen molar-refractivity contribution in [1.82, 2.24) is 5.16 Å². The summed E-state index contributed by atoms with van der Waals surface area (Å²) >= 11 is 1.42. The highest BCUT2D eigenvalue weighted by Gasteiger charge is 2.16. The van der Waals surface area contributed by atoms with Gasteiger partial charge in [0.25, 0.3) is 5.91 Å². The second kappa shape index (κ2) is 8.75. The Labute approximate surface area is 167 Å². The lowest BCUT2D eigenvalue weighted by Gasteiger charge is -2.11. The molecule has 3 aromatic rings. The van der Waals surface area contributed by atoms with Crippen LogP contribution in [-0.4, -0.2) is 22.2 Å². The van der Waals surface area contributed by atoms with Crippen molar-refractivity contribution < 1.29 is 14.1 Å². The molecule has 1 atom stereocenters. The van der Waals surface area contributed by atoms with Gasteiger partial charge in [-0.15, -0.1) is 11.8 Å². The Morgan fingerprint density at radius 1 is 1.04 bits per heavy atom. The van der Waals surface area contributed by atoms with Gasteiger partial charge in [0, 0.05) is 22.2 Å². The van der Waals surface area contributed by atoms with Crippen molar-refractivity contribution in [1.29, 1.82) is 0 Å². The van der Waals surface area contributed by atoms with Gasteiger partial charge < -0.3 is 15.2 Å². The lowest BCUT2D eigenvalue weighted by molar-refractivity contribution is -0.115. The van der Waals surface area contributed by atoms with Crippen LogP contribution in [0.15, 0.2) is 64.0 Å². The van der Waals surface area contributed by atoms with Crippen LogP contribution in [0.4, 0.5) is 11.5 Å². The number of anilines is 2. The average Bonchev–Trinajstić information content (AvgIpc) is 3.08. The molecular weight excluding hydrogens is 374 g/mol. The second-order valence-corrected chi connectivity index (χ2v) is 7.78. The summed E-state index contributed by atoms with van der Waals surface area (Å²) < 4.78 is 4.94. The Bertz CT molecular complexity index is 983. The number of carbonyl (C=O) groups is 2. The molecule has 2 N–H and O–H groups in total. The third-order valence-corrected chi connectivity index (χ3v) is 5.18. The first-order valence-corrected chi connectivity index (χ1v) is 9.68. The fourth-order valence-electron chi connectivity index (χ4n) is 2.55. The van der Waals surface area contributed by atoms with Gasteiger partial charge in [0.1, 0.15) is 5.76 Å². The molecule has 28 heavy (non-hydrogen) atoms. The summed E-state index contributed by atoms with van der Waals surface area (Å²) in [5, 5.41) is 9.06. The van der Waals surface area contributed by atoms with E-state index in [0.29, 0.717) is 22.8 Å². The molecule has 144 valence electrons. The first-order valence-electron chi connectivity index (χ1n) is 8.80. The van der Waals surface area contributed by atoms with E-state index in [9.17, 15) is 9.59 Å². The first kappa shape index (κ1) is 19.7. The smallest absolute Gasteiger partial charge is 0.255 e. The molecule has 1 aromatic heterocycles. The fraction of sp³-hybridized carbons (Fsp3) is 0.190. The monoisotopic (exact) mass is 395 g/mol. The van der Waals surface area contributed by atoms with Gasteiger partial charge in [-0.3, -0.25) is 9.59 Å². The summed E-state index contributed by atoms with van der Waals surface area (Å²) in [7, 11) is 0. The summed E-state index contributed by atoms with van der Waals surface area (Å²) in [6, 6.07) is 16.5. The first-order chi connectivity index (χ1) is 13.4. The molecule has 3 rings (SSSR count). The van der Waals surface area contributed by atoms with E-state index >= 15 is 0 Å². The number of hydrogen-bond acceptors (Lipinski definition) is 5. The van der Waals surface area contributed by atoms with Crippen molar-refractivity contribution in [3.8, 4) is 0 Å². The largest absolute Gasteiger partial charge is 0.360 e. The average molecular weight is 395 g/mol. The van der Waals surface area contributed by atoms with Gasteiger partial charge in [-0.1, -0.05) is 23.4 Å². The van der Waals surface area contributed by atoms with Crippen molar-refractivity contribution in [3.05, 3.63) is 71.5 Å². The van der Waals surface area contributed by atoms with E-state index < -0.39 is 0 Å². The number of nitrogens with one attached hydrogen (secondary N) is 2. The highest BCUT2D eigenvalue weighted by Crippen LogP contribution is 2.26. The minimum atomic E-state index is -0.315. The number of aromatic nitrogens is 1. The number of thioether (sulfide) groups is 1. The Kier molecular flexibility index (Phi) is 6.16. The van der Waals surface area contributed by atoms with Gasteiger partial charge in [0.05, 0.1) is 5.25 Å². The molecule has 0 radical (unpaired) electrons. The zero-order valence-electron chi connectivity index (χ0n) is 15.9. The zero-order valence-corrected chi connectivity index (χ0v) is 16.7. The van der Waals surface area contributed by atoms with Crippen LogP contribution in [0.5, 0.6) is 0 Å². The van der Waals surface area contributed by atoms with Crippen molar-refractivity contribution in [2.75, 3.05) is 10.6 Å². The van der Waals surface area contributed by atoms with Crippen LogP contribution in [0, 0.1) is 13.8 Å². The lowest BCUT2D eigenvalue weighted by atomic mass is 10.1. The van der Waals surface area contributed by atoms with Crippen LogP contribution < -0.4 is 10.6 Å². The SMILES string of the molecule is Cc1cc(NC(=O)C(C)Sc2ccc(NC(=O)c3ccccc3C)cc2)no1. The number of aryl methyl sites for hydroxylation is 2. The summed E-state index contributed by atoms with van der Waals surface area (Å²) in [5.74, 6) is 0.743. The van der Waals surface area contributed by atoms with E-state index in [4.69, 9.17) is 4.52 Å². The molecular formula is C21H21N3O3S. The van der Waals surface area contributed by atoms with E-state index in [1.54, 1.807) is 19.1 Å². The van der Waals surface area contributed by atoms with Crippen molar-refractivity contribution in [2.45, 2.75) is 30.9 Å². The van der Waals surface area contributed by atoms with E-state index in [1.165, 1.54) is 11.8 Å². The van der Waals surface area contributed by atoms with Crippen molar-refractivity contribution >= 4 is 35.1 Å². The van der Waals surface area contributed by atoms with Crippen LogP contribution in [0.25, 0.3) is 0 Å². The maximum Gasteiger partial charge on any atom is 0.255 e. The Hall–Kier alpha value is -3.06. The van der Waals surface area contributed by atoms with E-state index in [-0.39, 0.29) is 17.1 Å². The quantitative estimate of drug-likeness (QED) is 0.593. The molecule has 0 aliphatic carbocycles. The molecule has 0 aliphatic rings. The van der Waals surface area contributed by atoms with Crippen LogP contribution in [0.1, 0.15) is 28.6 Å². The number of rotatable bonds is 6. The molecule has 0 bridgehead atoms. The number of amides is 2. The van der Waals surface area contributed by atoms with Gasteiger partial charge in [-0.05, 0) is 56.7 Å². The summed E-state index contributed by atoms with van der Waals surface area (Å²) in [6.45, 7) is 5.49. The predicted octanol–water partition coefficient (Wildman–Crippen LogP) is 4.66. The molecule has 6 nitrogen and oxygen atoms in total.